The maximum atomic E-state index is 9.74. The highest BCUT2D eigenvalue weighted by molar-refractivity contribution is 7.99. The molecule has 0 saturated heterocycles. The van der Waals surface area contributed by atoms with E-state index in [-0.39, 0.29) is 5.75 Å². The molecule has 3 rings (SSSR count). The predicted molar refractivity (Wildman–Crippen MR) is 74.0 cm³/mol. The van der Waals surface area contributed by atoms with E-state index in [2.05, 4.69) is 4.98 Å². The number of nitrogens with zero attached hydrogens (tertiary/aromatic N) is 1. The van der Waals surface area contributed by atoms with Gasteiger partial charge >= 0.3 is 0 Å². The minimum absolute atomic E-state index is 0.289. The second kappa shape index (κ2) is 4.70. The molecule has 0 fully saturated rings. The van der Waals surface area contributed by atoms with Crippen molar-refractivity contribution >= 4 is 22.7 Å². The van der Waals surface area contributed by atoms with Crippen LogP contribution in [0.4, 0.5) is 0 Å². The normalized spacial score (nSPS) is 10.7. The van der Waals surface area contributed by atoms with Gasteiger partial charge < -0.3 is 5.11 Å². The van der Waals surface area contributed by atoms with Gasteiger partial charge in [0.2, 0.25) is 0 Å². The van der Waals surface area contributed by atoms with Crippen molar-refractivity contribution in [3.63, 3.8) is 0 Å². The molecule has 1 heterocycles. The summed E-state index contributed by atoms with van der Waals surface area (Å²) >= 11 is 1.47. The fourth-order valence-electron chi connectivity index (χ4n) is 1.76. The Kier molecular flexibility index (Phi) is 2.90. The molecule has 18 heavy (non-hydrogen) atoms. The minimum atomic E-state index is 0.289. The van der Waals surface area contributed by atoms with Crippen molar-refractivity contribution < 1.29 is 5.11 Å². The van der Waals surface area contributed by atoms with Gasteiger partial charge in [-0.15, -0.1) is 0 Å². The summed E-state index contributed by atoms with van der Waals surface area (Å²) in [5, 5.41) is 11.7. The molecule has 0 aliphatic heterocycles. The van der Waals surface area contributed by atoms with E-state index in [0.29, 0.717) is 0 Å². The van der Waals surface area contributed by atoms with Crippen molar-refractivity contribution in [2.75, 3.05) is 0 Å². The highest BCUT2D eigenvalue weighted by atomic mass is 32.2. The van der Waals surface area contributed by atoms with Gasteiger partial charge in [-0.05, 0) is 24.3 Å². The van der Waals surface area contributed by atoms with Crippen LogP contribution in [0.1, 0.15) is 0 Å². The van der Waals surface area contributed by atoms with Crippen LogP contribution in [-0.4, -0.2) is 10.1 Å². The van der Waals surface area contributed by atoms with Crippen molar-refractivity contribution in [2.24, 2.45) is 0 Å². The molecular weight excluding hydrogens is 242 g/mol. The summed E-state index contributed by atoms with van der Waals surface area (Å²) in [5.74, 6) is 0.289. The van der Waals surface area contributed by atoms with Crippen LogP contribution in [0, 0.1) is 0 Å². The second-order valence-corrected chi connectivity index (χ2v) is 4.97. The number of pyridine rings is 1. The van der Waals surface area contributed by atoms with E-state index < -0.39 is 0 Å². The molecule has 0 atom stereocenters. The average Bonchev–Trinajstić information content (AvgIpc) is 2.41. The Bertz CT molecular complexity index is 697. The number of benzene rings is 2. The molecule has 0 unspecified atom stereocenters. The lowest BCUT2D eigenvalue weighted by molar-refractivity contribution is 0.462. The number of phenols is 1. The Morgan fingerprint density at radius 1 is 0.833 bits per heavy atom. The first kappa shape index (κ1) is 11.1. The first-order chi connectivity index (χ1) is 8.83. The van der Waals surface area contributed by atoms with E-state index in [1.54, 1.807) is 6.07 Å². The Balaban J connectivity index is 1.98. The van der Waals surface area contributed by atoms with Crippen LogP contribution < -0.4 is 0 Å². The van der Waals surface area contributed by atoms with Crippen LogP contribution in [0.3, 0.4) is 0 Å². The first-order valence-corrected chi connectivity index (χ1v) is 6.46. The van der Waals surface area contributed by atoms with Gasteiger partial charge in [0.1, 0.15) is 10.8 Å². The number of hydrogen-bond acceptors (Lipinski definition) is 3. The fourth-order valence-corrected chi connectivity index (χ4v) is 2.58. The first-order valence-electron chi connectivity index (χ1n) is 5.64. The van der Waals surface area contributed by atoms with Crippen molar-refractivity contribution in [1.82, 2.24) is 4.98 Å². The Hall–Kier alpha value is -2.00. The number of aromatic hydroxyl groups is 1. The summed E-state index contributed by atoms with van der Waals surface area (Å²) in [5.41, 5.74) is 0.970. The fraction of sp³-hybridized carbons (Fsp3) is 0. The molecule has 88 valence electrons. The maximum Gasteiger partial charge on any atom is 0.129 e. The lowest BCUT2D eigenvalue weighted by Crippen LogP contribution is -1.82. The number of aromatic nitrogens is 1. The zero-order valence-electron chi connectivity index (χ0n) is 9.58. The molecule has 2 aromatic carbocycles. The smallest absolute Gasteiger partial charge is 0.129 e. The quantitative estimate of drug-likeness (QED) is 0.746. The van der Waals surface area contributed by atoms with Crippen LogP contribution in [0.2, 0.25) is 0 Å². The van der Waals surface area contributed by atoms with Gasteiger partial charge in [0.25, 0.3) is 0 Å². The predicted octanol–water partition coefficient (Wildman–Crippen LogP) is 4.09. The van der Waals surface area contributed by atoms with Gasteiger partial charge in [0.05, 0.1) is 10.4 Å². The van der Waals surface area contributed by atoms with E-state index in [4.69, 9.17) is 0 Å². The molecule has 0 spiro atoms. The molecule has 1 aromatic heterocycles. The third kappa shape index (κ3) is 2.17. The molecule has 2 nitrogen and oxygen atoms in total. The van der Waals surface area contributed by atoms with Crippen LogP contribution in [0.25, 0.3) is 10.9 Å². The molecule has 3 aromatic rings. The van der Waals surface area contributed by atoms with Crippen molar-refractivity contribution in [2.45, 2.75) is 9.92 Å². The van der Waals surface area contributed by atoms with E-state index in [1.807, 2.05) is 54.6 Å². The molecule has 0 radical (unpaired) electrons. The summed E-state index contributed by atoms with van der Waals surface area (Å²) in [7, 11) is 0. The average molecular weight is 253 g/mol. The summed E-state index contributed by atoms with van der Waals surface area (Å²) in [6.45, 7) is 0. The van der Waals surface area contributed by atoms with E-state index >= 15 is 0 Å². The van der Waals surface area contributed by atoms with Gasteiger partial charge in [-0.3, -0.25) is 0 Å². The van der Waals surface area contributed by atoms with Gasteiger partial charge in [-0.25, -0.2) is 4.98 Å². The number of phenolic OH excluding ortho intramolecular Hbond substituents is 1. The summed E-state index contributed by atoms with van der Waals surface area (Å²) in [6, 6.07) is 19.3. The summed E-state index contributed by atoms with van der Waals surface area (Å²) in [6.07, 6.45) is 0. The van der Waals surface area contributed by atoms with Crippen LogP contribution in [0.15, 0.2) is 70.6 Å². The van der Waals surface area contributed by atoms with Crippen LogP contribution in [0.5, 0.6) is 5.75 Å². The molecule has 0 aliphatic carbocycles. The van der Waals surface area contributed by atoms with Gasteiger partial charge in [0, 0.05) is 5.39 Å². The molecule has 3 heteroatoms. The largest absolute Gasteiger partial charge is 0.507 e. The third-order valence-corrected chi connectivity index (χ3v) is 3.65. The minimum Gasteiger partial charge on any atom is -0.507 e. The molecular formula is C15H11NOS. The van der Waals surface area contributed by atoms with Gasteiger partial charge in [-0.2, -0.15) is 0 Å². The second-order valence-electron chi connectivity index (χ2n) is 3.91. The molecule has 1 N–H and O–H groups in total. The third-order valence-electron chi connectivity index (χ3n) is 2.65. The van der Waals surface area contributed by atoms with Crippen molar-refractivity contribution in [3.05, 3.63) is 60.7 Å². The van der Waals surface area contributed by atoms with Crippen molar-refractivity contribution in [1.29, 1.82) is 0 Å². The highest BCUT2D eigenvalue weighted by Crippen LogP contribution is 2.33. The zero-order chi connectivity index (χ0) is 12.4. The maximum absolute atomic E-state index is 9.74. The summed E-state index contributed by atoms with van der Waals surface area (Å²) in [4.78, 5) is 5.38. The number of hydrogen-bond donors (Lipinski definition) is 1. The Morgan fingerprint density at radius 2 is 1.61 bits per heavy atom. The topological polar surface area (TPSA) is 33.1 Å². The monoisotopic (exact) mass is 253 g/mol. The van der Waals surface area contributed by atoms with Crippen LogP contribution in [-0.2, 0) is 0 Å². The van der Waals surface area contributed by atoms with E-state index in [9.17, 15) is 5.11 Å². The molecule has 0 amide bonds. The lowest BCUT2D eigenvalue weighted by atomic mass is 10.2. The molecule has 0 aliphatic rings. The van der Waals surface area contributed by atoms with Crippen LogP contribution >= 0.6 is 11.8 Å². The lowest BCUT2D eigenvalue weighted by Gasteiger charge is -2.04. The Labute approximate surface area is 109 Å². The number of para-hydroxylation sites is 2. The number of rotatable bonds is 2. The van der Waals surface area contributed by atoms with Gasteiger partial charge in [-0.1, -0.05) is 48.2 Å². The molecule has 0 saturated carbocycles. The zero-order valence-corrected chi connectivity index (χ0v) is 10.4. The molecule has 0 bridgehead atoms. The van der Waals surface area contributed by atoms with E-state index in [1.165, 1.54) is 11.8 Å². The summed E-state index contributed by atoms with van der Waals surface area (Å²) < 4.78 is 0. The SMILES string of the molecule is Oc1ccccc1Sc1ccc2ccccc2n1. The van der Waals surface area contributed by atoms with E-state index in [0.717, 1.165) is 20.8 Å². The highest BCUT2D eigenvalue weighted by Gasteiger charge is 2.04. The van der Waals surface area contributed by atoms with Crippen molar-refractivity contribution in [3.8, 4) is 5.75 Å². The van der Waals surface area contributed by atoms with Gasteiger partial charge in [0.15, 0.2) is 0 Å². The standard InChI is InChI=1S/C15H11NOS/c17-13-7-3-4-8-14(13)18-15-10-9-11-5-1-2-6-12(11)16-15/h1-10,17H. The number of fused-ring (bicyclic) bond motifs is 1. The Morgan fingerprint density at radius 3 is 2.50 bits per heavy atom.